The molecule has 1 saturated heterocycles. The molecule has 2 heteroatoms. The highest BCUT2D eigenvalue weighted by Gasteiger charge is 2.36. The van der Waals surface area contributed by atoms with Crippen molar-refractivity contribution in [3.63, 3.8) is 0 Å². The van der Waals surface area contributed by atoms with E-state index in [0.29, 0.717) is 5.41 Å². The van der Waals surface area contributed by atoms with Gasteiger partial charge in [0.05, 0.1) is 6.61 Å². The molecule has 0 aromatic carbocycles. The molecule has 1 N–H and O–H groups in total. The third-order valence-corrected chi connectivity index (χ3v) is 4.21. The van der Waals surface area contributed by atoms with Crippen molar-refractivity contribution in [1.29, 1.82) is 0 Å². The lowest BCUT2D eigenvalue weighted by Gasteiger charge is -2.43. The first-order valence-electron chi connectivity index (χ1n) is 6.99. The lowest BCUT2D eigenvalue weighted by molar-refractivity contribution is 0.0962. The molecule has 0 radical (unpaired) electrons. The molecule has 0 aromatic heterocycles. The zero-order valence-corrected chi connectivity index (χ0v) is 10.9. The highest BCUT2D eigenvalue weighted by Crippen LogP contribution is 2.45. The Labute approximate surface area is 100 Å². The Balaban J connectivity index is 1.66. The summed E-state index contributed by atoms with van der Waals surface area (Å²) >= 11 is 0. The first kappa shape index (κ1) is 12.4. The van der Waals surface area contributed by atoms with Gasteiger partial charge in [0, 0.05) is 19.7 Å². The first-order valence-corrected chi connectivity index (χ1v) is 6.99. The molecule has 2 aliphatic rings. The summed E-state index contributed by atoms with van der Waals surface area (Å²) in [6, 6.07) is 0. The first-order chi connectivity index (χ1) is 7.70. The van der Waals surface area contributed by atoms with Gasteiger partial charge in [0.1, 0.15) is 0 Å². The van der Waals surface area contributed by atoms with Crippen molar-refractivity contribution >= 4 is 0 Å². The Morgan fingerprint density at radius 2 is 2.19 bits per heavy atom. The number of rotatable bonds is 6. The quantitative estimate of drug-likeness (QED) is 0.750. The third-order valence-electron chi connectivity index (χ3n) is 4.21. The summed E-state index contributed by atoms with van der Waals surface area (Å²) < 4.78 is 5.40. The van der Waals surface area contributed by atoms with Crippen LogP contribution in [0.3, 0.4) is 0 Å². The fourth-order valence-corrected chi connectivity index (χ4v) is 3.28. The summed E-state index contributed by atoms with van der Waals surface area (Å²) in [7, 11) is 0. The lowest BCUT2D eigenvalue weighted by Crippen LogP contribution is -2.42. The van der Waals surface area contributed by atoms with Crippen molar-refractivity contribution in [2.24, 2.45) is 17.3 Å². The molecule has 1 unspecified atom stereocenters. The molecule has 1 aliphatic carbocycles. The maximum absolute atomic E-state index is 5.40. The van der Waals surface area contributed by atoms with E-state index in [2.05, 4.69) is 19.2 Å². The summed E-state index contributed by atoms with van der Waals surface area (Å²) in [6.07, 6.45) is 6.99. The molecule has 1 heterocycles. The second kappa shape index (κ2) is 5.50. The van der Waals surface area contributed by atoms with E-state index in [9.17, 15) is 0 Å². The van der Waals surface area contributed by atoms with Gasteiger partial charge in [-0.15, -0.1) is 0 Å². The van der Waals surface area contributed by atoms with Crippen LogP contribution in [0, 0.1) is 17.3 Å². The van der Waals surface area contributed by atoms with Crippen LogP contribution in [0.2, 0.25) is 0 Å². The van der Waals surface area contributed by atoms with Crippen LogP contribution in [-0.2, 0) is 4.74 Å². The van der Waals surface area contributed by atoms with E-state index in [4.69, 9.17) is 4.74 Å². The van der Waals surface area contributed by atoms with Crippen molar-refractivity contribution in [3.05, 3.63) is 0 Å². The Bertz CT molecular complexity index is 205. The average molecular weight is 225 g/mol. The van der Waals surface area contributed by atoms with Crippen molar-refractivity contribution in [2.75, 3.05) is 26.3 Å². The van der Waals surface area contributed by atoms with Gasteiger partial charge < -0.3 is 10.1 Å². The van der Waals surface area contributed by atoms with Crippen molar-refractivity contribution in [2.45, 2.75) is 46.0 Å². The van der Waals surface area contributed by atoms with Gasteiger partial charge >= 0.3 is 0 Å². The van der Waals surface area contributed by atoms with Crippen molar-refractivity contribution in [3.8, 4) is 0 Å². The molecule has 94 valence electrons. The van der Waals surface area contributed by atoms with Gasteiger partial charge in [-0.2, -0.15) is 0 Å². The third kappa shape index (κ3) is 3.21. The monoisotopic (exact) mass is 225 g/mol. The van der Waals surface area contributed by atoms with Crippen LogP contribution in [-0.4, -0.2) is 26.3 Å². The van der Waals surface area contributed by atoms with Gasteiger partial charge in [-0.05, 0) is 42.9 Å². The van der Waals surface area contributed by atoms with Crippen molar-refractivity contribution in [1.82, 2.24) is 5.32 Å². The molecule has 16 heavy (non-hydrogen) atoms. The molecule has 0 aromatic rings. The Hall–Kier alpha value is -0.0800. The van der Waals surface area contributed by atoms with E-state index in [1.807, 2.05) is 0 Å². The molecule has 2 fully saturated rings. The largest absolute Gasteiger partial charge is 0.381 e. The van der Waals surface area contributed by atoms with E-state index >= 15 is 0 Å². The maximum atomic E-state index is 5.40. The van der Waals surface area contributed by atoms with Gasteiger partial charge in [-0.3, -0.25) is 0 Å². The van der Waals surface area contributed by atoms with Gasteiger partial charge in [-0.25, -0.2) is 0 Å². The molecule has 1 atom stereocenters. The predicted molar refractivity (Wildman–Crippen MR) is 67.5 cm³/mol. The summed E-state index contributed by atoms with van der Waals surface area (Å²) in [5.74, 6) is 1.62. The highest BCUT2D eigenvalue weighted by atomic mass is 16.5. The molecular weight excluding hydrogens is 198 g/mol. The molecule has 2 nitrogen and oxygen atoms in total. The number of ether oxygens (including phenoxy) is 1. The zero-order valence-electron chi connectivity index (χ0n) is 10.9. The van der Waals surface area contributed by atoms with Crippen LogP contribution in [0.15, 0.2) is 0 Å². The molecule has 1 aliphatic heterocycles. The minimum Gasteiger partial charge on any atom is -0.381 e. The summed E-state index contributed by atoms with van der Waals surface area (Å²) in [6.45, 7) is 9.06. The Kier molecular flexibility index (Phi) is 4.26. The fourth-order valence-electron chi connectivity index (χ4n) is 3.28. The van der Waals surface area contributed by atoms with Crippen LogP contribution < -0.4 is 5.32 Å². The summed E-state index contributed by atoms with van der Waals surface area (Å²) in [5, 5.41) is 3.70. The number of nitrogens with one attached hydrogen (secondary N) is 1. The van der Waals surface area contributed by atoms with Gasteiger partial charge in [0.15, 0.2) is 0 Å². The minimum absolute atomic E-state index is 0.646. The topological polar surface area (TPSA) is 21.3 Å². The highest BCUT2D eigenvalue weighted by molar-refractivity contribution is 4.90. The molecular formula is C14H27NO. The minimum atomic E-state index is 0.646. The standard InChI is InChI=1S/C14H27NO/c1-12(2)8-14(5-3-6-14)11-15-9-13-4-7-16-10-13/h12-13,15H,3-11H2,1-2H3. The van der Waals surface area contributed by atoms with E-state index in [0.717, 1.165) is 25.0 Å². The van der Waals surface area contributed by atoms with Crippen LogP contribution in [0.4, 0.5) is 0 Å². The normalized spacial score (nSPS) is 28.3. The van der Waals surface area contributed by atoms with Crippen molar-refractivity contribution < 1.29 is 4.74 Å². The van der Waals surface area contributed by atoms with Crippen LogP contribution in [0.5, 0.6) is 0 Å². The fraction of sp³-hybridized carbons (Fsp3) is 1.00. The second-order valence-corrected chi connectivity index (χ2v) is 6.31. The van der Waals surface area contributed by atoms with Gasteiger partial charge in [0.2, 0.25) is 0 Å². The van der Waals surface area contributed by atoms with E-state index in [-0.39, 0.29) is 0 Å². The predicted octanol–water partition coefficient (Wildman–Crippen LogP) is 2.83. The SMILES string of the molecule is CC(C)CC1(CNCC2CCOC2)CCC1. The van der Waals surface area contributed by atoms with Gasteiger partial charge in [0.25, 0.3) is 0 Å². The van der Waals surface area contributed by atoms with E-state index in [1.54, 1.807) is 0 Å². The molecule has 1 saturated carbocycles. The zero-order chi connectivity index (χ0) is 11.4. The van der Waals surface area contributed by atoms with E-state index in [1.165, 1.54) is 45.2 Å². The number of hydrogen-bond donors (Lipinski definition) is 1. The summed E-state index contributed by atoms with van der Waals surface area (Å²) in [5.41, 5.74) is 0.646. The Morgan fingerprint density at radius 3 is 2.69 bits per heavy atom. The van der Waals surface area contributed by atoms with Crippen LogP contribution in [0.25, 0.3) is 0 Å². The summed E-state index contributed by atoms with van der Waals surface area (Å²) in [4.78, 5) is 0. The average Bonchev–Trinajstić information content (AvgIpc) is 2.66. The molecule has 0 bridgehead atoms. The lowest BCUT2D eigenvalue weighted by atomic mass is 9.64. The molecule has 0 amide bonds. The van der Waals surface area contributed by atoms with E-state index < -0.39 is 0 Å². The smallest absolute Gasteiger partial charge is 0.0507 e. The van der Waals surface area contributed by atoms with Crippen LogP contribution >= 0.6 is 0 Å². The van der Waals surface area contributed by atoms with Gasteiger partial charge in [-0.1, -0.05) is 20.3 Å². The number of hydrogen-bond acceptors (Lipinski definition) is 2. The maximum Gasteiger partial charge on any atom is 0.0507 e. The second-order valence-electron chi connectivity index (χ2n) is 6.31. The molecule has 2 rings (SSSR count). The molecule has 0 spiro atoms. The van der Waals surface area contributed by atoms with Crippen LogP contribution in [0.1, 0.15) is 46.0 Å². The Morgan fingerprint density at radius 1 is 1.38 bits per heavy atom.